The van der Waals surface area contributed by atoms with E-state index in [0.717, 1.165) is 12.8 Å². The molecule has 0 aromatic heterocycles. The largest absolute Gasteiger partial charge is 0.356 e. The van der Waals surface area contributed by atoms with E-state index in [4.69, 9.17) is 5.73 Å². The predicted octanol–water partition coefficient (Wildman–Crippen LogP) is 1.72. The van der Waals surface area contributed by atoms with Gasteiger partial charge in [0.1, 0.15) is 0 Å². The fourth-order valence-electron chi connectivity index (χ4n) is 1.47. The standard InChI is InChI=1S/C14H22N2O/c1-14(2,11-15)13(17)16-10-6-9-12-7-4-3-5-8-12/h3-5,7-8H,6,9-11,15H2,1-2H3,(H,16,17). The predicted molar refractivity (Wildman–Crippen MR) is 70.6 cm³/mol. The summed E-state index contributed by atoms with van der Waals surface area (Å²) in [6.45, 7) is 4.80. The molecule has 0 aliphatic rings. The lowest BCUT2D eigenvalue weighted by Crippen LogP contribution is -2.42. The second-order valence-corrected chi connectivity index (χ2v) is 4.93. The van der Waals surface area contributed by atoms with Crippen LogP contribution in [0.2, 0.25) is 0 Å². The topological polar surface area (TPSA) is 55.1 Å². The Morgan fingerprint density at radius 1 is 1.29 bits per heavy atom. The first-order valence-electron chi connectivity index (χ1n) is 6.08. The van der Waals surface area contributed by atoms with E-state index < -0.39 is 5.41 Å². The maximum atomic E-state index is 11.7. The fraction of sp³-hybridized carbons (Fsp3) is 0.500. The molecule has 0 heterocycles. The van der Waals surface area contributed by atoms with Crippen molar-refractivity contribution >= 4 is 5.91 Å². The zero-order valence-corrected chi connectivity index (χ0v) is 10.7. The Bertz CT molecular complexity index is 346. The molecule has 17 heavy (non-hydrogen) atoms. The van der Waals surface area contributed by atoms with Gasteiger partial charge in [-0.3, -0.25) is 4.79 Å². The van der Waals surface area contributed by atoms with Crippen LogP contribution >= 0.6 is 0 Å². The molecule has 0 saturated heterocycles. The highest BCUT2D eigenvalue weighted by Gasteiger charge is 2.24. The van der Waals surface area contributed by atoms with Crippen molar-refractivity contribution in [3.05, 3.63) is 35.9 Å². The van der Waals surface area contributed by atoms with E-state index in [1.807, 2.05) is 32.0 Å². The van der Waals surface area contributed by atoms with Gasteiger partial charge in [0.15, 0.2) is 0 Å². The number of aryl methyl sites for hydroxylation is 1. The maximum absolute atomic E-state index is 11.7. The number of nitrogens with two attached hydrogens (primary N) is 1. The monoisotopic (exact) mass is 234 g/mol. The molecular formula is C14H22N2O. The summed E-state index contributed by atoms with van der Waals surface area (Å²) < 4.78 is 0. The van der Waals surface area contributed by atoms with E-state index in [1.165, 1.54) is 5.56 Å². The highest BCUT2D eigenvalue weighted by Crippen LogP contribution is 2.12. The van der Waals surface area contributed by atoms with Crippen LogP contribution in [-0.2, 0) is 11.2 Å². The van der Waals surface area contributed by atoms with Gasteiger partial charge in [-0.1, -0.05) is 30.3 Å². The Hall–Kier alpha value is -1.35. The van der Waals surface area contributed by atoms with Gasteiger partial charge in [-0.25, -0.2) is 0 Å². The highest BCUT2D eigenvalue weighted by atomic mass is 16.2. The van der Waals surface area contributed by atoms with Gasteiger partial charge in [0, 0.05) is 13.1 Å². The third kappa shape index (κ3) is 4.57. The van der Waals surface area contributed by atoms with Gasteiger partial charge in [0.2, 0.25) is 5.91 Å². The lowest BCUT2D eigenvalue weighted by Gasteiger charge is -2.21. The number of carbonyl (C=O) groups excluding carboxylic acids is 1. The molecule has 0 spiro atoms. The SMILES string of the molecule is CC(C)(CN)C(=O)NCCCc1ccccc1. The number of hydrogen-bond acceptors (Lipinski definition) is 2. The van der Waals surface area contributed by atoms with Crippen LogP contribution in [0.4, 0.5) is 0 Å². The van der Waals surface area contributed by atoms with Gasteiger partial charge in [0.25, 0.3) is 0 Å². The van der Waals surface area contributed by atoms with E-state index in [2.05, 4.69) is 17.4 Å². The molecule has 1 rings (SSSR count). The van der Waals surface area contributed by atoms with E-state index in [0.29, 0.717) is 13.1 Å². The van der Waals surface area contributed by atoms with Crippen LogP contribution in [0.3, 0.4) is 0 Å². The molecule has 0 aliphatic carbocycles. The summed E-state index contributed by atoms with van der Waals surface area (Å²) in [5, 5.41) is 2.93. The lowest BCUT2D eigenvalue weighted by molar-refractivity contribution is -0.128. The summed E-state index contributed by atoms with van der Waals surface area (Å²) >= 11 is 0. The number of hydrogen-bond donors (Lipinski definition) is 2. The van der Waals surface area contributed by atoms with Crippen molar-refractivity contribution in [1.82, 2.24) is 5.32 Å². The molecule has 0 aliphatic heterocycles. The van der Waals surface area contributed by atoms with Crippen molar-refractivity contribution in [2.45, 2.75) is 26.7 Å². The summed E-state index contributed by atoms with van der Waals surface area (Å²) in [6.07, 6.45) is 1.95. The average Bonchev–Trinajstić information content (AvgIpc) is 2.35. The summed E-state index contributed by atoms with van der Waals surface area (Å²) in [6, 6.07) is 10.3. The molecule has 0 fully saturated rings. The number of carbonyl (C=O) groups is 1. The van der Waals surface area contributed by atoms with Crippen LogP contribution in [-0.4, -0.2) is 19.0 Å². The summed E-state index contributed by atoms with van der Waals surface area (Å²) in [5.41, 5.74) is 6.38. The zero-order valence-electron chi connectivity index (χ0n) is 10.7. The van der Waals surface area contributed by atoms with Crippen molar-refractivity contribution in [3.8, 4) is 0 Å². The minimum atomic E-state index is -0.466. The number of rotatable bonds is 6. The van der Waals surface area contributed by atoms with Gasteiger partial charge in [-0.15, -0.1) is 0 Å². The third-order valence-electron chi connectivity index (χ3n) is 2.90. The Labute approximate surface area is 103 Å². The van der Waals surface area contributed by atoms with E-state index in [1.54, 1.807) is 0 Å². The summed E-state index contributed by atoms with van der Waals surface area (Å²) in [4.78, 5) is 11.7. The first-order valence-corrected chi connectivity index (χ1v) is 6.08. The van der Waals surface area contributed by atoms with Crippen LogP contribution in [0.15, 0.2) is 30.3 Å². The summed E-state index contributed by atoms with van der Waals surface area (Å²) in [5.74, 6) is 0.0352. The molecule has 3 heteroatoms. The Balaban J connectivity index is 2.23. The molecule has 3 nitrogen and oxygen atoms in total. The zero-order chi connectivity index (χ0) is 12.7. The van der Waals surface area contributed by atoms with Crippen LogP contribution in [0.5, 0.6) is 0 Å². The van der Waals surface area contributed by atoms with Crippen LogP contribution in [0.25, 0.3) is 0 Å². The van der Waals surface area contributed by atoms with Crippen LogP contribution in [0.1, 0.15) is 25.8 Å². The third-order valence-corrected chi connectivity index (χ3v) is 2.90. The molecule has 3 N–H and O–H groups in total. The van der Waals surface area contributed by atoms with Crippen LogP contribution in [0, 0.1) is 5.41 Å². The quantitative estimate of drug-likeness (QED) is 0.736. The first-order chi connectivity index (χ1) is 8.06. The second kappa shape index (κ2) is 6.40. The maximum Gasteiger partial charge on any atom is 0.226 e. The molecule has 1 aromatic carbocycles. The first kappa shape index (κ1) is 13.7. The average molecular weight is 234 g/mol. The molecular weight excluding hydrogens is 212 g/mol. The van der Waals surface area contributed by atoms with Gasteiger partial charge in [-0.2, -0.15) is 0 Å². The minimum Gasteiger partial charge on any atom is -0.356 e. The van der Waals surface area contributed by atoms with Gasteiger partial charge in [-0.05, 0) is 32.3 Å². The van der Waals surface area contributed by atoms with Gasteiger partial charge < -0.3 is 11.1 Å². The smallest absolute Gasteiger partial charge is 0.226 e. The molecule has 0 radical (unpaired) electrons. The Morgan fingerprint density at radius 2 is 1.94 bits per heavy atom. The normalized spacial score (nSPS) is 11.2. The number of amides is 1. The molecule has 0 bridgehead atoms. The Morgan fingerprint density at radius 3 is 2.53 bits per heavy atom. The highest BCUT2D eigenvalue weighted by molar-refractivity contribution is 5.81. The minimum absolute atomic E-state index is 0.0352. The fourth-order valence-corrected chi connectivity index (χ4v) is 1.47. The van der Waals surface area contributed by atoms with Crippen molar-refractivity contribution in [3.63, 3.8) is 0 Å². The molecule has 0 atom stereocenters. The van der Waals surface area contributed by atoms with E-state index >= 15 is 0 Å². The van der Waals surface area contributed by atoms with E-state index in [9.17, 15) is 4.79 Å². The van der Waals surface area contributed by atoms with Crippen molar-refractivity contribution < 1.29 is 4.79 Å². The number of benzene rings is 1. The summed E-state index contributed by atoms with van der Waals surface area (Å²) in [7, 11) is 0. The number of nitrogens with one attached hydrogen (secondary N) is 1. The lowest BCUT2D eigenvalue weighted by atomic mass is 9.93. The second-order valence-electron chi connectivity index (χ2n) is 4.93. The van der Waals surface area contributed by atoms with Gasteiger partial charge in [0.05, 0.1) is 5.41 Å². The molecule has 1 amide bonds. The van der Waals surface area contributed by atoms with E-state index in [-0.39, 0.29) is 5.91 Å². The van der Waals surface area contributed by atoms with Crippen molar-refractivity contribution in [2.24, 2.45) is 11.1 Å². The van der Waals surface area contributed by atoms with Gasteiger partial charge >= 0.3 is 0 Å². The Kier molecular flexibility index (Phi) is 5.16. The molecule has 0 saturated carbocycles. The van der Waals surface area contributed by atoms with Crippen molar-refractivity contribution in [1.29, 1.82) is 0 Å². The molecule has 94 valence electrons. The van der Waals surface area contributed by atoms with Crippen molar-refractivity contribution in [2.75, 3.05) is 13.1 Å². The molecule has 1 aromatic rings. The molecule has 0 unspecified atom stereocenters. The van der Waals surface area contributed by atoms with Crippen LogP contribution < -0.4 is 11.1 Å².